The molecule has 1 N–H and O–H groups in total. The van der Waals surface area contributed by atoms with Crippen molar-refractivity contribution in [3.8, 4) is 11.1 Å². The van der Waals surface area contributed by atoms with Crippen molar-refractivity contribution in [3.05, 3.63) is 70.2 Å². The first-order chi connectivity index (χ1) is 14.3. The summed E-state index contributed by atoms with van der Waals surface area (Å²) in [4.78, 5) is 33.9. The fourth-order valence-corrected chi connectivity index (χ4v) is 3.56. The first-order valence-electron chi connectivity index (χ1n) is 9.81. The number of amides is 1. The van der Waals surface area contributed by atoms with Gasteiger partial charge < -0.3 is 0 Å². The van der Waals surface area contributed by atoms with Crippen LogP contribution in [0.4, 0.5) is 10.3 Å². The van der Waals surface area contributed by atoms with Crippen LogP contribution in [0.25, 0.3) is 11.1 Å². The first kappa shape index (κ1) is 19.9. The molecule has 4 rings (SSSR count). The topological polar surface area (TPSA) is 89.8 Å². The van der Waals surface area contributed by atoms with E-state index in [0.717, 1.165) is 5.56 Å². The van der Waals surface area contributed by atoms with Gasteiger partial charge in [0.2, 0.25) is 5.95 Å². The predicted octanol–water partition coefficient (Wildman–Crippen LogP) is 3.40. The van der Waals surface area contributed by atoms with Crippen LogP contribution in [-0.2, 0) is 10.3 Å². The summed E-state index contributed by atoms with van der Waals surface area (Å²) in [6.45, 7) is 5.69. The number of anilines is 1. The van der Waals surface area contributed by atoms with Gasteiger partial charge in [-0.2, -0.15) is 5.10 Å². The van der Waals surface area contributed by atoms with Gasteiger partial charge in [-0.25, -0.2) is 19.0 Å². The molecule has 2 aromatic heterocycles. The zero-order chi connectivity index (χ0) is 21.5. The van der Waals surface area contributed by atoms with E-state index in [-0.39, 0.29) is 23.6 Å². The van der Waals surface area contributed by atoms with E-state index < -0.39 is 11.1 Å². The number of aromatic nitrogens is 4. The molecule has 0 aliphatic heterocycles. The number of rotatable bonds is 5. The molecule has 7 nitrogen and oxygen atoms in total. The summed E-state index contributed by atoms with van der Waals surface area (Å²) >= 11 is 0. The Kier molecular flexibility index (Phi) is 4.93. The Hall–Kier alpha value is -3.42. The third-order valence-electron chi connectivity index (χ3n) is 5.20. The van der Waals surface area contributed by atoms with Crippen molar-refractivity contribution in [2.24, 2.45) is 0 Å². The molecule has 3 aromatic rings. The molecule has 1 amide bonds. The van der Waals surface area contributed by atoms with Crippen LogP contribution < -0.4 is 10.9 Å². The Labute approximate surface area is 173 Å². The first-order valence-corrected chi connectivity index (χ1v) is 9.81. The molecule has 1 aliphatic rings. The van der Waals surface area contributed by atoms with Gasteiger partial charge in [0.1, 0.15) is 11.4 Å². The minimum absolute atomic E-state index is 0.0354. The van der Waals surface area contributed by atoms with Crippen LogP contribution in [0.1, 0.15) is 43.9 Å². The quantitative estimate of drug-likeness (QED) is 0.700. The third kappa shape index (κ3) is 3.60. The molecule has 1 saturated carbocycles. The van der Waals surface area contributed by atoms with E-state index in [4.69, 9.17) is 0 Å². The van der Waals surface area contributed by atoms with Crippen LogP contribution in [0, 0.1) is 12.7 Å². The van der Waals surface area contributed by atoms with Crippen LogP contribution >= 0.6 is 0 Å². The van der Waals surface area contributed by atoms with Crippen LogP contribution in [-0.4, -0.2) is 25.7 Å². The van der Waals surface area contributed by atoms with Gasteiger partial charge in [0.15, 0.2) is 0 Å². The summed E-state index contributed by atoms with van der Waals surface area (Å²) < 4.78 is 15.2. The molecular formula is C22H22FN5O2. The molecular weight excluding hydrogens is 385 g/mol. The molecule has 0 spiro atoms. The van der Waals surface area contributed by atoms with E-state index in [1.54, 1.807) is 13.0 Å². The van der Waals surface area contributed by atoms with E-state index in [2.05, 4.69) is 20.4 Å². The Bertz CT molecular complexity index is 1150. The molecule has 0 unspecified atom stereocenters. The van der Waals surface area contributed by atoms with E-state index >= 15 is 0 Å². The largest absolute Gasteiger partial charge is 0.292 e. The van der Waals surface area contributed by atoms with Gasteiger partial charge in [-0.15, -0.1) is 0 Å². The highest BCUT2D eigenvalue weighted by Crippen LogP contribution is 2.43. The highest BCUT2D eigenvalue weighted by Gasteiger charge is 2.54. The normalized spacial score (nSPS) is 14.6. The zero-order valence-corrected chi connectivity index (χ0v) is 17.0. The van der Waals surface area contributed by atoms with Gasteiger partial charge in [-0.3, -0.25) is 14.9 Å². The summed E-state index contributed by atoms with van der Waals surface area (Å²) in [6, 6.07) is 7.75. The number of halogens is 1. The lowest BCUT2D eigenvalue weighted by molar-refractivity contribution is -0.121. The number of nitrogens with zero attached hydrogens (tertiary/aromatic N) is 4. The summed E-state index contributed by atoms with van der Waals surface area (Å²) in [7, 11) is 0. The van der Waals surface area contributed by atoms with Crippen molar-refractivity contribution in [1.82, 2.24) is 19.7 Å². The molecule has 154 valence electrons. The number of aryl methyl sites for hydroxylation is 1. The van der Waals surface area contributed by atoms with Crippen LogP contribution in [0.15, 0.2) is 47.5 Å². The fourth-order valence-electron chi connectivity index (χ4n) is 3.56. The van der Waals surface area contributed by atoms with Gasteiger partial charge in [0.05, 0.1) is 5.69 Å². The number of carbonyl (C=O) groups is 1. The lowest BCUT2D eigenvalue weighted by Gasteiger charge is -2.20. The molecule has 1 aromatic carbocycles. The third-order valence-corrected chi connectivity index (χ3v) is 5.20. The van der Waals surface area contributed by atoms with Gasteiger partial charge in [-0.05, 0) is 55.0 Å². The van der Waals surface area contributed by atoms with Crippen LogP contribution in [0.2, 0.25) is 0 Å². The van der Waals surface area contributed by atoms with Crippen LogP contribution in [0.3, 0.4) is 0 Å². The highest BCUT2D eigenvalue weighted by molar-refractivity contribution is 5.97. The number of hydrogen-bond donors (Lipinski definition) is 1. The lowest BCUT2D eigenvalue weighted by Crippen LogP contribution is -2.42. The second-order valence-corrected chi connectivity index (χ2v) is 7.92. The van der Waals surface area contributed by atoms with Gasteiger partial charge in [0, 0.05) is 24.0 Å². The van der Waals surface area contributed by atoms with Gasteiger partial charge >= 0.3 is 0 Å². The monoisotopic (exact) mass is 407 g/mol. The molecule has 2 heterocycles. The smallest absolute Gasteiger partial charge is 0.268 e. The second-order valence-electron chi connectivity index (χ2n) is 7.92. The fraction of sp³-hybridized carbons (Fsp3) is 0.318. The van der Waals surface area contributed by atoms with Crippen molar-refractivity contribution in [2.45, 2.75) is 45.1 Å². The minimum Gasteiger partial charge on any atom is -0.292 e. The van der Waals surface area contributed by atoms with Crippen molar-refractivity contribution in [2.75, 3.05) is 5.32 Å². The van der Waals surface area contributed by atoms with Gasteiger partial charge in [0.25, 0.3) is 11.5 Å². The Morgan fingerprint density at radius 1 is 1.17 bits per heavy atom. The second kappa shape index (κ2) is 7.44. The number of carbonyl (C=O) groups excluding carboxylic acids is 1. The lowest BCUT2D eigenvalue weighted by atomic mass is 9.97. The summed E-state index contributed by atoms with van der Waals surface area (Å²) in [5.41, 5.74) is 1.10. The van der Waals surface area contributed by atoms with Crippen molar-refractivity contribution in [1.29, 1.82) is 0 Å². The average molecular weight is 407 g/mol. The number of benzene rings is 1. The Balaban J connectivity index is 1.77. The molecule has 0 radical (unpaired) electrons. The standard InChI is InChI=1S/C22H22FN5O2/c1-13(2)19-17(15-9-14(3)10-16(23)11-15)12-18(29)28(27-19)22(5-6-22)20(30)26-21-24-7-4-8-25-21/h4,7-13H,5-6H2,1-3H3,(H,24,25,26,30). The molecule has 8 heteroatoms. The Morgan fingerprint density at radius 3 is 2.47 bits per heavy atom. The molecule has 30 heavy (non-hydrogen) atoms. The van der Waals surface area contributed by atoms with Gasteiger partial charge in [-0.1, -0.05) is 19.9 Å². The highest BCUT2D eigenvalue weighted by atomic mass is 19.1. The SMILES string of the molecule is Cc1cc(F)cc(-c2cc(=O)n(C3(C(=O)Nc4ncccn4)CC3)nc2C(C)C)c1. The maximum Gasteiger partial charge on any atom is 0.268 e. The van der Waals surface area contributed by atoms with Crippen molar-refractivity contribution < 1.29 is 9.18 Å². The van der Waals surface area contributed by atoms with E-state index in [0.29, 0.717) is 29.7 Å². The van der Waals surface area contributed by atoms with E-state index in [9.17, 15) is 14.0 Å². The zero-order valence-electron chi connectivity index (χ0n) is 17.0. The van der Waals surface area contributed by atoms with Crippen molar-refractivity contribution in [3.63, 3.8) is 0 Å². The summed E-state index contributed by atoms with van der Waals surface area (Å²) in [5, 5.41) is 7.25. The molecule has 0 saturated heterocycles. The van der Waals surface area contributed by atoms with Crippen LogP contribution in [0.5, 0.6) is 0 Å². The molecule has 1 aliphatic carbocycles. The summed E-state index contributed by atoms with van der Waals surface area (Å²) in [6.07, 6.45) is 4.04. The summed E-state index contributed by atoms with van der Waals surface area (Å²) in [5.74, 6) is -0.596. The Morgan fingerprint density at radius 2 is 1.87 bits per heavy atom. The van der Waals surface area contributed by atoms with Crippen molar-refractivity contribution >= 4 is 11.9 Å². The molecule has 0 bridgehead atoms. The van der Waals surface area contributed by atoms with E-state index in [1.165, 1.54) is 35.3 Å². The number of nitrogens with one attached hydrogen (secondary N) is 1. The maximum atomic E-state index is 14.0. The minimum atomic E-state index is -1.06. The maximum absolute atomic E-state index is 14.0. The van der Waals surface area contributed by atoms with E-state index in [1.807, 2.05) is 19.9 Å². The predicted molar refractivity (Wildman–Crippen MR) is 111 cm³/mol. The average Bonchev–Trinajstić information content (AvgIpc) is 3.49. The molecule has 0 atom stereocenters. The molecule has 1 fully saturated rings. The number of hydrogen-bond acceptors (Lipinski definition) is 5.